The third-order valence-corrected chi connectivity index (χ3v) is 4.75. The van der Waals surface area contributed by atoms with E-state index in [9.17, 15) is 4.79 Å². The minimum atomic E-state index is -0.528. The van der Waals surface area contributed by atoms with E-state index in [4.69, 9.17) is 5.11 Å². The fraction of sp³-hybridized carbons (Fsp3) is 0.909. The van der Waals surface area contributed by atoms with Gasteiger partial charge in [0.05, 0.1) is 5.92 Å². The maximum Gasteiger partial charge on any atom is 0.306 e. The van der Waals surface area contributed by atoms with Crippen LogP contribution in [0, 0.1) is 29.6 Å². The van der Waals surface area contributed by atoms with Crippen LogP contribution >= 0.6 is 0 Å². The molecular formula is C11H16O2. The SMILES string of the molecule is O=C(O)[C@H]1C[C@H]2CC[C@H]3CC[C@@H]1[C@H]32. The van der Waals surface area contributed by atoms with Crippen LogP contribution < -0.4 is 0 Å². The molecule has 3 saturated carbocycles. The maximum absolute atomic E-state index is 11.0. The highest BCUT2D eigenvalue weighted by Crippen LogP contribution is 2.60. The molecule has 0 aromatic heterocycles. The van der Waals surface area contributed by atoms with Crippen molar-refractivity contribution in [2.75, 3.05) is 0 Å². The number of carboxylic acids is 1. The highest BCUT2D eigenvalue weighted by atomic mass is 16.4. The smallest absolute Gasteiger partial charge is 0.306 e. The van der Waals surface area contributed by atoms with E-state index in [0.29, 0.717) is 5.92 Å². The monoisotopic (exact) mass is 180 g/mol. The van der Waals surface area contributed by atoms with Crippen LogP contribution in [0.25, 0.3) is 0 Å². The average Bonchev–Trinajstić information content (AvgIpc) is 2.72. The summed E-state index contributed by atoms with van der Waals surface area (Å²) in [5.74, 6) is 2.52. The summed E-state index contributed by atoms with van der Waals surface area (Å²) in [4.78, 5) is 11.0. The lowest BCUT2D eigenvalue weighted by Crippen LogP contribution is -2.19. The Bertz CT molecular complexity index is 248. The lowest BCUT2D eigenvalue weighted by Gasteiger charge is -2.15. The van der Waals surface area contributed by atoms with Crippen molar-refractivity contribution in [3.63, 3.8) is 0 Å². The summed E-state index contributed by atoms with van der Waals surface area (Å²) >= 11 is 0. The van der Waals surface area contributed by atoms with Gasteiger partial charge in [-0.05, 0) is 55.8 Å². The number of aliphatic carboxylic acids is 1. The Morgan fingerprint density at radius 3 is 2.54 bits per heavy atom. The Morgan fingerprint density at radius 2 is 1.77 bits per heavy atom. The van der Waals surface area contributed by atoms with Crippen molar-refractivity contribution in [1.29, 1.82) is 0 Å². The summed E-state index contributed by atoms with van der Waals surface area (Å²) in [6.45, 7) is 0. The van der Waals surface area contributed by atoms with Gasteiger partial charge in [-0.25, -0.2) is 0 Å². The van der Waals surface area contributed by atoms with Crippen molar-refractivity contribution >= 4 is 5.97 Å². The minimum Gasteiger partial charge on any atom is -0.481 e. The van der Waals surface area contributed by atoms with Gasteiger partial charge in [-0.3, -0.25) is 4.79 Å². The van der Waals surface area contributed by atoms with Gasteiger partial charge < -0.3 is 5.11 Å². The van der Waals surface area contributed by atoms with E-state index in [0.717, 1.165) is 24.2 Å². The Kier molecular flexibility index (Phi) is 1.50. The Hall–Kier alpha value is -0.530. The van der Waals surface area contributed by atoms with Gasteiger partial charge in [0.1, 0.15) is 0 Å². The Balaban J connectivity index is 1.89. The lowest BCUT2D eigenvalue weighted by atomic mass is 9.89. The topological polar surface area (TPSA) is 37.3 Å². The molecule has 0 aromatic carbocycles. The van der Waals surface area contributed by atoms with Crippen LogP contribution in [0.5, 0.6) is 0 Å². The van der Waals surface area contributed by atoms with Crippen molar-refractivity contribution in [3.8, 4) is 0 Å². The van der Waals surface area contributed by atoms with Crippen molar-refractivity contribution in [2.45, 2.75) is 32.1 Å². The molecule has 2 nitrogen and oxygen atoms in total. The lowest BCUT2D eigenvalue weighted by molar-refractivity contribution is -0.143. The van der Waals surface area contributed by atoms with E-state index in [1.807, 2.05) is 0 Å². The van der Waals surface area contributed by atoms with E-state index in [1.54, 1.807) is 0 Å². The summed E-state index contributed by atoms with van der Waals surface area (Å²) in [5, 5.41) is 9.09. The van der Waals surface area contributed by atoms with Crippen molar-refractivity contribution < 1.29 is 9.90 Å². The third kappa shape index (κ3) is 0.918. The van der Waals surface area contributed by atoms with E-state index >= 15 is 0 Å². The van der Waals surface area contributed by atoms with Crippen molar-refractivity contribution in [2.24, 2.45) is 29.6 Å². The highest BCUT2D eigenvalue weighted by Gasteiger charge is 2.55. The summed E-state index contributed by atoms with van der Waals surface area (Å²) in [6, 6.07) is 0. The summed E-state index contributed by atoms with van der Waals surface area (Å²) in [6.07, 6.45) is 6.20. The van der Waals surface area contributed by atoms with Crippen LogP contribution in [-0.4, -0.2) is 11.1 Å². The number of hydrogen-bond donors (Lipinski definition) is 1. The van der Waals surface area contributed by atoms with E-state index in [2.05, 4.69) is 0 Å². The molecule has 13 heavy (non-hydrogen) atoms. The molecule has 0 bridgehead atoms. The number of carbonyl (C=O) groups is 1. The quantitative estimate of drug-likeness (QED) is 0.671. The van der Waals surface area contributed by atoms with Gasteiger partial charge in [-0.2, -0.15) is 0 Å². The van der Waals surface area contributed by atoms with E-state index in [1.165, 1.54) is 25.7 Å². The second-order valence-corrected chi connectivity index (χ2v) is 5.10. The standard InChI is InChI=1S/C11H16O2/c12-11(13)9-5-7-2-1-6-3-4-8(9)10(6)7/h6-10H,1-5H2,(H,12,13)/t6-,7+,8-,9-,10+/m0/s1. The van der Waals surface area contributed by atoms with Crippen molar-refractivity contribution in [1.82, 2.24) is 0 Å². The molecule has 3 rings (SSSR count). The summed E-state index contributed by atoms with van der Waals surface area (Å²) < 4.78 is 0. The van der Waals surface area contributed by atoms with Crippen LogP contribution in [-0.2, 0) is 4.79 Å². The first-order valence-corrected chi connectivity index (χ1v) is 5.50. The van der Waals surface area contributed by atoms with Gasteiger partial charge in [0.2, 0.25) is 0 Å². The number of rotatable bonds is 1. The maximum atomic E-state index is 11.0. The largest absolute Gasteiger partial charge is 0.481 e. The predicted octanol–water partition coefficient (Wildman–Crippen LogP) is 2.14. The molecule has 0 unspecified atom stereocenters. The zero-order valence-electron chi connectivity index (χ0n) is 7.78. The number of hydrogen-bond acceptors (Lipinski definition) is 1. The van der Waals surface area contributed by atoms with Crippen LogP contribution in [0.15, 0.2) is 0 Å². The highest BCUT2D eigenvalue weighted by molar-refractivity contribution is 5.71. The Morgan fingerprint density at radius 1 is 1.08 bits per heavy atom. The molecule has 0 heterocycles. The zero-order valence-corrected chi connectivity index (χ0v) is 7.78. The van der Waals surface area contributed by atoms with Crippen LogP contribution in [0.3, 0.4) is 0 Å². The third-order valence-electron chi connectivity index (χ3n) is 4.75. The second kappa shape index (κ2) is 2.49. The first-order chi connectivity index (χ1) is 6.27. The first-order valence-electron chi connectivity index (χ1n) is 5.50. The first kappa shape index (κ1) is 7.84. The van der Waals surface area contributed by atoms with Gasteiger partial charge in [0.25, 0.3) is 0 Å². The van der Waals surface area contributed by atoms with Gasteiger partial charge >= 0.3 is 5.97 Å². The molecular weight excluding hydrogens is 164 g/mol. The molecule has 2 heteroatoms. The Labute approximate surface area is 78.3 Å². The normalized spacial score (nSPS) is 52.5. The van der Waals surface area contributed by atoms with Gasteiger partial charge in [0.15, 0.2) is 0 Å². The summed E-state index contributed by atoms with van der Waals surface area (Å²) in [7, 11) is 0. The van der Waals surface area contributed by atoms with Gasteiger partial charge in [0, 0.05) is 0 Å². The molecule has 0 aliphatic heterocycles. The fourth-order valence-electron chi connectivity index (χ4n) is 4.36. The summed E-state index contributed by atoms with van der Waals surface area (Å²) in [5.41, 5.74) is 0. The molecule has 3 aliphatic carbocycles. The molecule has 1 N–H and O–H groups in total. The molecule has 0 radical (unpaired) electrons. The van der Waals surface area contributed by atoms with Gasteiger partial charge in [-0.1, -0.05) is 0 Å². The molecule has 5 atom stereocenters. The van der Waals surface area contributed by atoms with Crippen LogP contribution in [0.4, 0.5) is 0 Å². The minimum absolute atomic E-state index is 0.0142. The predicted molar refractivity (Wildman–Crippen MR) is 48.2 cm³/mol. The second-order valence-electron chi connectivity index (χ2n) is 5.10. The molecule has 0 amide bonds. The molecule has 3 aliphatic rings. The molecule has 0 spiro atoms. The zero-order chi connectivity index (χ0) is 9.00. The van der Waals surface area contributed by atoms with E-state index < -0.39 is 5.97 Å². The fourth-order valence-corrected chi connectivity index (χ4v) is 4.36. The molecule has 0 saturated heterocycles. The number of carboxylic acid groups (broad SMARTS) is 1. The molecule has 0 aromatic rings. The van der Waals surface area contributed by atoms with Crippen molar-refractivity contribution in [3.05, 3.63) is 0 Å². The molecule has 72 valence electrons. The van der Waals surface area contributed by atoms with Gasteiger partial charge in [-0.15, -0.1) is 0 Å². The van der Waals surface area contributed by atoms with Crippen LogP contribution in [0.1, 0.15) is 32.1 Å². The average molecular weight is 180 g/mol. The molecule has 3 fully saturated rings. The van der Waals surface area contributed by atoms with Crippen LogP contribution in [0.2, 0.25) is 0 Å². The van der Waals surface area contributed by atoms with E-state index in [-0.39, 0.29) is 5.92 Å².